The predicted molar refractivity (Wildman–Crippen MR) is 54.1 cm³/mol. The van der Waals surface area contributed by atoms with Crippen LogP contribution in [-0.4, -0.2) is 41.3 Å². The van der Waals surface area contributed by atoms with E-state index in [0.29, 0.717) is 19.4 Å². The first kappa shape index (κ1) is 13.9. The standard InChI is InChI=1S/C9H18N2O4/c1-6(3-2-4-10)8(13)11-7(5-12)9(14)15/h6-7,12H,2-5,10H2,1H3,(H,11,13)(H,14,15). The molecule has 0 aromatic rings. The van der Waals surface area contributed by atoms with Crippen molar-refractivity contribution in [1.82, 2.24) is 5.32 Å². The van der Waals surface area contributed by atoms with Gasteiger partial charge in [-0.3, -0.25) is 4.79 Å². The molecule has 0 saturated carbocycles. The fraction of sp³-hybridized carbons (Fsp3) is 0.778. The molecule has 0 spiro atoms. The molecule has 15 heavy (non-hydrogen) atoms. The first-order valence-corrected chi connectivity index (χ1v) is 4.87. The average molecular weight is 218 g/mol. The van der Waals surface area contributed by atoms with Gasteiger partial charge in [0.15, 0.2) is 0 Å². The van der Waals surface area contributed by atoms with Crippen LogP contribution in [0.1, 0.15) is 19.8 Å². The number of rotatable bonds is 7. The molecule has 0 bridgehead atoms. The van der Waals surface area contributed by atoms with Crippen LogP contribution in [0.5, 0.6) is 0 Å². The van der Waals surface area contributed by atoms with Gasteiger partial charge in [-0.1, -0.05) is 6.92 Å². The minimum Gasteiger partial charge on any atom is -0.480 e. The van der Waals surface area contributed by atoms with E-state index in [1.165, 1.54) is 0 Å². The fourth-order valence-electron chi connectivity index (χ4n) is 1.05. The lowest BCUT2D eigenvalue weighted by Gasteiger charge is -2.15. The van der Waals surface area contributed by atoms with Crippen LogP contribution in [0.4, 0.5) is 0 Å². The van der Waals surface area contributed by atoms with Crippen LogP contribution < -0.4 is 11.1 Å². The summed E-state index contributed by atoms with van der Waals surface area (Å²) in [6, 6.07) is -1.22. The van der Waals surface area contributed by atoms with Gasteiger partial charge in [-0.25, -0.2) is 4.79 Å². The van der Waals surface area contributed by atoms with E-state index in [0.717, 1.165) is 0 Å². The van der Waals surface area contributed by atoms with Gasteiger partial charge in [0.05, 0.1) is 6.61 Å². The molecule has 0 aromatic carbocycles. The van der Waals surface area contributed by atoms with Crippen LogP contribution in [0, 0.1) is 5.92 Å². The molecule has 88 valence electrons. The summed E-state index contributed by atoms with van der Waals surface area (Å²) in [5, 5.41) is 19.5. The highest BCUT2D eigenvalue weighted by molar-refractivity contribution is 5.84. The number of aliphatic hydroxyl groups is 1. The van der Waals surface area contributed by atoms with Gasteiger partial charge < -0.3 is 21.3 Å². The highest BCUT2D eigenvalue weighted by Crippen LogP contribution is 2.04. The second-order valence-corrected chi connectivity index (χ2v) is 3.41. The van der Waals surface area contributed by atoms with Gasteiger partial charge in [-0.15, -0.1) is 0 Å². The molecule has 0 saturated heterocycles. The molecule has 2 atom stereocenters. The quantitative estimate of drug-likeness (QED) is 0.434. The van der Waals surface area contributed by atoms with E-state index in [4.69, 9.17) is 15.9 Å². The SMILES string of the molecule is CC(CCCN)C(=O)NC(CO)C(=O)O. The molecule has 6 nitrogen and oxygen atoms in total. The van der Waals surface area contributed by atoms with Crippen molar-refractivity contribution in [3.05, 3.63) is 0 Å². The van der Waals surface area contributed by atoms with E-state index in [1.54, 1.807) is 6.92 Å². The Balaban J connectivity index is 4.04. The number of hydrogen-bond acceptors (Lipinski definition) is 4. The van der Waals surface area contributed by atoms with Crippen LogP contribution in [0.25, 0.3) is 0 Å². The molecular weight excluding hydrogens is 200 g/mol. The molecular formula is C9H18N2O4. The highest BCUT2D eigenvalue weighted by Gasteiger charge is 2.21. The van der Waals surface area contributed by atoms with Gasteiger partial charge in [0.25, 0.3) is 0 Å². The number of hydrogen-bond donors (Lipinski definition) is 4. The number of nitrogens with one attached hydrogen (secondary N) is 1. The Kier molecular flexibility index (Phi) is 6.64. The summed E-state index contributed by atoms with van der Waals surface area (Å²) in [5.74, 6) is -1.90. The number of aliphatic hydroxyl groups excluding tert-OH is 1. The van der Waals surface area contributed by atoms with Crippen molar-refractivity contribution in [3.8, 4) is 0 Å². The molecule has 0 aliphatic rings. The molecule has 1 amide bonds. The van der Waals surface area contributed by atoms with Gasteiger partial charge in [0, 0.05) is 5.92 Å². The van der Waals surface area contributed by atoms with Crippen molar-refractivity contribution in [2.24, 2.45) is 11.7 Å². The summed E-state index contributed by atoms with van der Waals surface area (Å²) in [4.78, 5) is 21.9. The van der Waals surface area contributed by atoms with E-state index in [-0.39, 0.29) is 11.8 Å². The van der Waals surface area contributed by atoms with Crippen LogP contribution >= 0.6 is 0 Å². The Hall–Kier alpha value is -1.14. The Bertz CT molecular complexity index is 220. The first-order chi connectivity index (χ1) is 7.02. The number of carbonyl (C=O) groups excluding carboxylic acids is 1. The third kappa shape index (κ3) is 5.34. The normalized spacial score (nSPS) is 14.3. The largest absolute Gasteiger partial charge is 0.480 e. The van der Waals surface area contributed by atoms with Gasteiger partial charge in [0.2, 0.25) is 5.91 Å². The smallest absolute Gasteiger partial charge is 0.328 e. The molecule has 0 aromatic heterocycles. The predicted octanol–water partition coefficient (Wildman–Crippen LogP) is -1.08. The van der Waals surface area contributed by atoms with Crippen LogP contribution in [0.3, 0.4) is 0 Å². The lowest BCUT2D eigenvalue weighted by atomic mass is 10.0. The minimum absolute atomic E-state index is 0.290. The van der Waals surface area contributed by atoms with Crippen LogP contribution in [0.2, 0.25) is 0 Å². The molecule has 6 heteroatoms. The van der Waals surface area contributed by atoms with E-state index >= 15 is 0 Å². The molecule has 0 fully saturated rings. The van der Waals surface area contributed by atoms with Crippen molar-refractivity contribution >= 4 is 11.9 Å². The van der Waals surface area contributed by atoms with E-state index < -0.39 is 18.6 Å². The summed E-state index contributed by atoms with van der Waals surface area (Å²) in [5.41, 5.74) is 5.29. The number of aliphatic carboxylic acids is 1. The van der Waals surface area contributed by atoms with E-state index in [2.05, 4.69) is 5.32 Å². The number of carboxylic acids is 1. The zero-order valence-corrected chi connectivity index (χ0v) is 8.77. The van der Waals surface area contributed by atoms with Crippen molar-refractivity contribution in [3.63, 3.8) is 0 Å². The maximum absolute atomic E-state index is 11.4. The van der Waals surface area contributed by atoms with Crippen molar-refractivity contribution in [2.45, 2.75) is 25.8 Å². The molecule has 0 rings (SSSR count). The van der Waals surface area contributed by atoms with Crippen molar-refractivity contribution in [2.75, 3.05) is 13.2 Å². The maximum Gasteiger partial charge on any atom is 0.328 e. The van der Waals surface area contributed by atoms with Gasteiger partial charge in [-0.2, -0.15) is 0 Å². The molecule has 0 radical (unpaired) electrons. The van der Waals surface area contributed by atoms with Gasteiger partial charge in [0.1, 0.15) is 6.04 Å². The highest BCUT2D eigenvalue weighted by atomic mass is 16.4. The Morgan fingerprint density at radius 3 is 2.47 bits per heavy atom. The maximum atomic E-state index is 11.4. The zero-order valence-electron chi connectivity index (χ0n) is 8.77. The molecule has 5 N–H and O–H groups in total. The molecule has 2 unspecified atom stereocenters. The van der Waals surface area contributed by atoms with Crippen LogP contribution in [-0.2, 0) is 9.59 Å². The lowest BCUT2D eigenvalue weighted by molar-refractivity contribution is -0.143. The molecule has 0 heterocycles. The fourth-order valence-corrected chi connectivity index (χ4v) is 1.05. The summed E-state index contributed by atoms with van der Waals surface area (Å²) < 4.78 is 0. The first-order valence-electron chi connectivity index (χ1n) is 4.87. The topological polar surface area (TPSA) is 113 Å². The second-order valence-electron chi connectivity index (χ2n) is 3.41. The lowest BCUT2D eigenvalue weighted by Crippen LogP contribution is -2.45. The summed E-state index contributed by atoms with van der Waals surface area (Å²) in [6.07, 6.45) is 1.32. The number of amides is 1. The van der Waals surface area contributed by atoms with Crippen molar-refractivity contribution in [1.29, 1.82) is 0 Å². The van der Waals surface area contributed by atoms with Crippen molar-refractivity contribution < 1.29 is 19.8 Å². The zero-order chi connectivity index (χ0) is 11.8. The second kappa shape index (κ2) is 7.19. The third-order valence-corrected chi connectivity index (χ3v) is 2.09. The number of carbonyl (C=O) groups is 2. The number of carboxylic acid groups (broad SMARTS) is 1. The third-order valence-electron chi connectivity index (χ3n) is 2.09. The Morgan fingerprint density at radius 1 is 1.47 bits per heavy atom. The Labute approximate surface area is 88.5 Å². The monoisotopic (exact) mass is 218 g/mol. The average Bonchev–Trinajstić information content (AvgIpc) is 2.21. The number of nitrogens with two attached hydrogens (primary N) is 1. The van der Waals surface area contributed by atoms with Crippen LogP contribution in [0.15, 0.2) is 0 Å². The molecule has 0 aliphatic heterocycles. The minimum atomic E-state index is -1.24. The summed E-state index contributed by atoms with van der Waals surface area (Å²) in [6.45, 7) is 1.59. The van der Waals surface area contributed by atoms with Gasteiger partial charge >= 0.3 is 5.97 Å². The van der Waals surface area contributed by atoms with Gasteiger partial charge in [-0.05, 0) is 19.4 Å². The van der Waals surface area contributed by atoms with E-state index in [9.17, 15) is 9.59 Å². The summed E-state index contributed by atoms with van der Waals surface area (Å²) in [7, 11) is 0. The van der Waals surface area contributed by atoms with E-state index in [1.807, 2.05) is 0 Å². The Morgan fingerprint density at radius 2 is 2.07 bits per heavy atom. The molecule has 0 aliphatic carbocycles. The summed E-state index contributed by atoms with van der Waals surface area (Å²) >= 11 is 0.